The summed E-state index contributed by atoms with van der Waals surface area (Å²) in [7, 11) is 0. The van der Waals surface area contributed by atoms with Crippen molar-refractivity contribution >= 4 is 0 Å². The monoisotopic (exact) mass is 258 g/mol. The highest BCUT2D eigenvalue weighted by Crippen LogP contribution is 2.33. The van der Waals surface area contributed by atoms with E-state index in [1.807, 2.05) is 0 Å². The van der Waals surface area contributed by atoms with Crippen LogP contribution in [0.2, 0.25) is 0 Å². The molecular formula is C17H26N2. The maximum atomic E-state index is 5.95. The fourth-order valence-corrected chi connectivity index (χ4v) is 3.89. The number of hydrogen-bond donors (Lipinski definition) is 1. The van der Waals surface area contributed by atoms with Gasteiger partial charge in [0.2, 0.25) is 0 Å². The maximum absolute atomic E-state index is 5.95. The van der Waals surface area contributed by atoms with E-state index in [9.17, 15) is 0 Å². The zero-order valence-corrected chi connectivity index (χ0v) is 11.9. The van der Waals surface area contributed by atoms with Gasteiger partial charge in [0.15, 0.2) is 0 Å². The number of fused-ring (bicyclic) bond motifs is 1. The minimum atomic E-state index is 0.628. The molecule has 1 aromatic carbocycles. The van der Waals surface area contributed by atoms with Gasteiger partial charge < -0.3 is 5.73 Å². The van der Waals surface area contributed by atoms with Crippen molar-refractivity contribution in [3.8, 4) is 0 Å². The molecule has 1 aliphatic heterocycles. The van der Waals surface area contributed by atoms with Gasteiger partial charge in [-0.25, -0.2) is 0 Å². The topological polar surface area (TPSA) is 29.3 Å². The lowest BCUT2D eigenvalue weighted by atomic mass is 9.82. The van der Waals surface area contributed by atoms with Crippen LogP contribution in [0.15, 0.2) is 24.3 Å². The summed E-state index contributed by atoms with van der Waals surface area (Å²) in [4.78, 5) is 2.66. The van der Waals surface area contributed by atoms with Gasteiger partial charge >= 0.3 is 0 Å². The van der Waals surface area contributed by atoms with Crippen LogP contribution < -0.4 is 5.73 Å². The average Bonchev–Trinajstić information content (AvgIpc) is 2.48. The first-order chi connectivity index (χ1) is 9.38. The Balaban J connectivity index is 1.73. The number of hydrogen-bond acceptors (Lipinski definition) is 2. The summed E-state index contributed by atoms with van der Waals surface area (Å²) in [5, 5.41) is 0. The van der Waals surface area contributed by atoms with Crippen LogP contribution in [0.5, 0.6) is 0 Å². The van der Waals surface area contributed by atoms with Crippen LogP contribution in [0, 0.1) is 0 Å². The molecule has 2 heteroatoms. The fraction of sp³-hybridized carbons (Fsp3) is 0.647. The lowest BCUT2D eigenvalue weighted by molar-refractivity contribution is 0.140. The zero-order chi connectivity index (χ0) is 13.1. The molecule has 19 heavy (non-hydrogen) atoms. The highest BCUT2D eigenvalue weighted by atomic mass is 15.2. The van der Waals surface area contributed by atoms with Crippen molar-refractivity contribution in [2.75, 3.05) is 19.6 Å². The van der Waals surface area contributed by atoms with E-state index in [0.29, 0.717) is 6.04 Å². The first-order valence-electron chi connectivity index (χ1n) is 7.90. The average molecular weight is 258 g/mol. The van der Waals surface area contributed by atoms with Crippen LogP contribution >= 0.6 is 0 Å². The zero-order valence-electron chi connectivity index (χ0n) is 11.9. The van der Waals surface area contributed by atoms with E-state index < -0.39 is 0 Å². The number of piperidine rings is 1. The molecular weight excluding hydrogens is 232 g/mol. The number of aryl methyl sites for hydroxylation is 1. The molecule has 2 N–H and O–H groups in total. The van der Waals surface area contributed by atoms with Gasteiger partial charge in [0.25, 0.3) is 0 Å². The number of benzene rings is 1. The molecule has 2 atom stereocenters. The van der Waals surface area contributed by atoms with E-state index in [-0.39, 0.29) is 0 Å². The summed E-state index contributed by atoms with van der Waals surface area (Å²) < 4.78 is 0. The molecule has 3 rings (SSSR count). The van der Waals surface area contributed by atoms with Gasteiger partial charge in [-0.05, 0) is 55.7 Å². The lowest BCUT2D eigenvalue weighted by Gasteiger charge is -2.38. The number of nitrogens with two attached hydrogens (primary N) is 1. The van der Waals surface area contributed by atoms with E-state index in [2.05, 4.69) is 29.2 Å². The highest BCUT2D eigenvalue weighted by molar-refractivity contribution is 5.32. The lowest BCUT2D eigenvalue weighted by Crippen LogP contribution is -2.46. The third-order valence-corrected chi connectivity index (χ3v) is 4.97. The third-order valence-electron chi connectivity index (χ3n) is 4.97. The molecule has 2 unspecified atom stereocenters. The van der Waals surface area contributed by atoms with Gasteiger partial charge in [-0.2, -0.15) is 0 Å². The van der Waals surface area contributed by atoms with Crippen molar-refractivity contribution in [1.29, 1.82) is 0 Å². The molecule has 0 aromatic heterocycles. The highest BCUT2D eigenvalue weighted by Gasteiger charge is 2.26. The van der Waals surface area contributed by atoms with Gasteiger partial charge in [-0.3, -0.25) is 4.90 Å². The van der Waals surface area contributed by atoms with Gasteiger partial charge in [0.1, 0.15) is 0 Å². The van der Waals surface area contributed by atoms with Crippen LogP contribution in [0.25, 0.3) is 0 Å². The summed E-state index contributed by atoms with van der Waals surface area (Å²) in [6, 6.07) is 9.68. The number of likely N-dealkylation sites (tertiary alicyclic amines) is 1. The molecule has 1 aliphatic carbocycles. The number of nitrogens with zero attached hydrogens (tertiary/aromatic N) is 1. The molecule has 2 aliphatic rings. The van der Waals surface area contributed by atoms with E-state index in [4.69, 9.17) is 5.73 Å². The molecule has 0 saturated carbocycles. The summed E-state index contributed by atoms with van der Waals surface area (Å²) >= 11 is 0. The third kappa shape index (κ3) is 2.85. The van der Waals surface area contributed by atoms with Crippen molar-refractivity contribution in [1.82, 2.24) is 4.90 Å². The Kier molecular flexibility index (Phi) is 4.19. The van der Waals surface area contributed by atoms with Crippen molar-refractivity contribution in [3.63, 3.8) is 0 Å². The second kappa shape index (κ2) is 6.06. The Labute approximate surface area is 117 Å². The van der Waals surface area contributed by atoms with E-state index >= 15 is 0 Å². The molecule has 0 bridgehead atoms. The molecule has 1 aromatic rings. The summed E-state index contributed by atoms with van der Waals surface area (Å²) in [5.74, 6) is 0.733. The van der Waals surface area contributed by atoms with Crippen LogP contribution in [0.3, 0.4) is 0 Å². The molecule has 0 radical (unpaired) electrons. The minimum absolute atomic E-state index is 0.628. The molecule has 104 valence electrons. The predicted molar refractivity (Wildman–Crippen MR) is 80.4 cm³/mol. The largest absolute Gasteiger partial charge is 0.329 e. The second-order valence-corrected chi connectivity index (χ2v) is 6.17. The minimum Gasteiger partial charge on any atom is -0.329 e. The Morgan fingerprint density at radius 2 is 2.00 bits per heavy atom. The van der Waals surface area contributed by atoms with Crippen molar-refractivity contribution in [2.45, 2.75) is 50.5 Å². The Morgan fingerprint density at radius 3 is 2.89 bits per heavy atom. The Morgan fingerprint density at radius 1 is 1.11 bits per heavy atom. The Hall–Kier alpha value is -0.860. The van der Waals surface area contributed by atoms with E-state index in [1.165, 1.54) is 51.6 Å². The summed E-state index contributed by atoms with van der Waals surface area (Å²) in [6.07, 6.45) is 7.98. The van der Waals surface area contributed by atoms with Gasteiger partial charge in [-0.1, -0.05) is 30.7 Å². The normalized spacial score (nSPS) is 28.1. The SMILES string of the molecule is NCC1CCCCN1CC1CCCc2ccccc21. The van der Waals surface area contributed by atoms with Crippen LogP contribution in [0.1, 0.15) is 49.1 Å². The van der Waals surface area contributed by atoms with Crippen LogP contribution in [-0.4, -0.2) is 30.6 Å². The van der Waals surface area contributed by atoms with Gasteiger partial charge in [0, 0.05) is 19.1 Å². The number of rotatable bonds is 3. The maximum Gasteiger partial charge on any atom is 0.0218 e. The van der Waals surface area contributed by atoms with Gasteiger partial charge in [-0.15, -0.1) is 0 Å². The molecule has 1 saturated heterocycles. The van der Waals surface area contributed by atoms with Crippen LogP contribution in [-0.2, 0) is 6.42 Å². The smallest absolute Gasteiger partial charge is 0.0218 e. The van der Waals surface area contributed by atoms with Crippen molar-refractivity contribution < 1.29 is 0 Å². The van der Waals surface area contributed by atoms with Crippen molar-refractivity contribution in [2.24, 2.45) is 5.73 Å². The first-order valence-corrected chi connectivity index (χ1v) is 7.90. The quantitative estimate of drug-likeness (QED) is 0.903. The van der Waals surface area contributed by atoms with E-state index in [0.717, 1.165) is 12.5 Å². The Bertz CT molecular complexity index is 415. The summed E-state index contributed by atoms with van der Waals surface area (Å²) in [5.41, 5.74) is 9.14. The fourth-order valence-electron chi connectivity index (χ4n) is 3.89. The molecule has 0 amide bonds. The molecule has 1 fully saturated rings. The molecule has 2 nitrogen and oxygen atoms in total. The standard InChI is InChI=1S/C17H26N2/c18-12-16-9-3-4-11-19(16)13-15-8-5-7-14-6-1-2-10-17(14)15/h1-2,6,10,15-16H,3-5,7-9,11-13,18H2. The predicted octanol–water partition coefficient (Wildman–Crippen LogP) is 2.92. The van der Waals surface area contributed by atoms with E-state index in [1.54, 1.807) is 11.1 Å². The van der Waals surface area contributed by atoms with Gasteiger partial charge in [0.05, 0.1) is 0 Å². The second-order valence-electron chi connectivity index (χ2n) is 6.17. The summed E-state index contributed by atoms with van der Waals surface area (Å²) in [6.45, 7) is 3.30. The molecule has 1 heterocycles. The molecule has 0 spiro atoms. The van der Waals surface area contributed by atoms with Crippen molar-refractivity contribution in [3.05, 3.63) is 35.4 Å². The first kappa shape index (κ1) is 13.1. The van der Waals surface area contributed by atoms with Crippen LogP contribution in [0.4, 0.5) is 0 Å².